The minimum atomic E-state index is -0.604. The molecule has 7 nitrogen and oxygen atoms in total. The summed E-state index contributed by atoms with van der Waals surface area (Å²) >= 11 is 4.85. The summed E-state index contributed by atoms with van der Waals surface area (Å²) in [5.74, 6) is -0.299. The number of aromatic nitrogens is 1. The minimum Gasteiger partial charge on any atom is -0.339 e. The number of nitro groups is 1. The van der Waals surface area contributed by atoms with Crippen molar-refractivity contribution in [1.29, 1.82) is 0 Å². The van der Waals surface area contributed by atoms with Gasteiger partial charge in [0.25, 0.3) is 11.2 Å². The van der Waals surface area contributed by atoms with Gasteiger partial charge in [-0.05, 0) is 22.0 Å². The summed E-state index contributed by atoms with van der Waals surface area (Å²) in [6.45, 7) is 0.183. The van der Waals surface area contributed by atoms with E-state index in [4.69, 9.17) is 0 Å². The molecule has 0 N–H and O–H groups in total. The lowest BCUT2D eigenvalue weighted by atomic mass is 10.4. The van der Waals surface area contributed by atoms with E-state index in [2.05, 4.69) is 15.9 Å². The summed E-state index contributed by atoms with van der Waals surface area (Å²) in [7, 11) is 1.62. The molecule has 0 aromatic carbocycles. The van der Waals surface area contributed by atoms with Crippen LogP contribution in [0.2, 0.25) is 0 Å². The number of thiophene rings is 1. The van der Waals surface area contributed by atoms with Gasteiger partial charge in [0, 0.05) is 33.9 Å². The maximum Gasteiger partial charge on any atom is 0.285 e. The van der Waals surface area contributed by atoms with Gasteiger partial charge >= 0.3 is 0 Å². The van der Waals surface area contributed by atoms with Crippen LogP contribution in [0.3, 0.4) is 0 Å². The molecule has 0 fully saturated rings. The lowest BCUT2D eigenvalue weighted by molar-refractivity contribution is -0.385. The van der Waals surface area contributed by atoms with E-state index in [0.717, 1.165) is 32.2 Å². The molecule has 0 aliphatic carbocycles. The van der Waals surface area contributed by atoms with Crippen LogP contribution in [0.5, 0.6) is 0 Å². The molecular weight excluding hydrogens is 374 g/mol. The number of likely N-dealkylation sites (N-methyl/N-ethyl adjacent to an activating group) is 1. The number of pyridine rings is 1. The summed E-state index contributed by atoms with van der Waals surface area (Å²) in [6, 6.07) is 4.12. The first kappa shape index (κ1) is 16.4. The van der Waals surface area contributed by atoms with Crippen LogP contribution < -0.4 is 5.56 Å². The van der Waals surface area contributed by atoms with Crippen LogP contribution in [0.25, 0.3) is 0 Å². The maximum atomic E-state index is 12.1. The predicted octanol–water partition coefficient (Wildman–Crippen LogP) is 2.24. The molecule has 2 aromatic rings. The van der Waals surface area contributed by atoms with Gasteiger partial charge < -0.3 is 4.90 Å². The smallest absolute Gasteiger partial charge is 0.285 e. The molecule has 2 rings (SSSR count). The van der Waals surface area contributed by atoms with Crippen LogP contribution in [0.15, 0.2) is 39.0 Å². The average Bonchev–Trinajstić information content (AvgIpc) is 2.86. The molecule has 2 heterocycles. The molecule has 0 atom stereocenters. The second kappa shape index (κ2) is 6.84. The van der Waals surface area contributed by atoms with Crippen molar-refractivity contribution in [3.63, 3.8) is 0 Å². The normalized spacial score (nSPS) is 10.5. The fourth-order valence-electron chi connectivity index (χ4n) is 1.78. The van der Waals surface area contributed by atoms with Gasteiger partial charge in [-0.1, -0.05) is 0 Å². The number of carbonyl (C=O) groups excluding carboxylic acids is 1. The molecule has 9 heteroatoms. The van der Waals surface area contributed by atoms with E-state index in [1.54, 1.807) is 7.05 Å². The van der Waals surface area contributed by atoms with Gasteiger partial charge in [-0.25, -0.2) is 0 Å². The monoisotopic (exact) mass is 385 g/mol. The Kier molecular flexibility index (Phi) is 5.09. The highest BCUT2D eigenvalue weighted by Crippen LogP contribution is 2.20. The summed E-state index contributed by atoms with van der Waals surface area (Å²) in [5.41, 5.74) is -0.677. The molecule has 0 aliphatic heterocycles. The van der Waals surface area contributed by atoms with Crippen LogP contribution in [-0.4, -0.2) is 27.3 Å². The number of hydrogen-bond donors (Lipinski definition) is 0. The van der Waals surface area contributed by atoms with Crippen LogP contribution in [-0.2, 0) is 17.9 Å². The van der Waals surface area contributed by atoms with E-state index < -0.39 is 10.5 Å². The van der Waals surface area contributed by atoms with Crippen molar-refractivity contribution in [2.24, 2.45) is 0 Å². The lowest BCUT2D eigenvalue weighted by Crippen LogP contribution is -2.33. The number of carbonyl (C=O) groups is 1. The third-order valence-electron chi connectivity index (χ3n) is 2.92. The summed E-state index contributed by atoms with van der Waals surface area (Å²) in [6.07, 6.45) is 1.08. The molecular formula is C13H12BrN3O4S. The van der Waals surface area contributed by atoms with Crippen molar-refractivity contribution in [3.8, 4) is 0 Å². The molecule has 0 unspecified atom stereocenters. The van der Waals surface area contributed by atoms with Crippen LogP contribution in [0, 0.1) is 10.1 Å². The number of amides is 1. The van der Waals surface area contributed by atoms with E-state index in [1.165, 1.54) is 16.2 Å². The highest BCUT2D eigenvalue weighted by atomic mass is 79.9. The fourth-order valence-corrected chi connectivity index (χ4v) is 3.28. The van der Waals surface area contributed by atoms with E-state index in [-0.39, 0.29) is 18.1 Å². The largest absolute Gasteiger partial charge is 0.339 e. The zero-order valence-electron chi connectivity index (χ0n) is 11.6. The molecule has 0 radical (unpaired) electrons. The standard InChI is InChI=1S/C13H12BrN3O4S/c1-15(6-11-4-9(14)8-22-11)13(19)7-16-5-10(17(20)21)2-3-12(16)18/h2-5,8H,6-7H2,1H3. The van der Waals surface area contributed by atoms with Crippen LogP contribution in [0.1, 0.15) is 4.88 Å². The molecule has 0 saturated carbocycles. The summed E-state index contributed by atoms with van der Waals surface area (Å²) in [4.78, 5) is 36.4. The van der Waals surface area contributed by atoms with Gasteiger partial charge in [-0.15, -0.1) is 11.3 Å². The third kappa shape index (κ3) is 4.01. The second-order valence-corrected chi connectivity index (χ2v) is 6.50. The fraction of sp³-hybridized carbons (Fsp3) is 0.231. The van der Waals surface area contributed by atoms with E-state index in [9.17, 15) is 19.7 Å². The summed E-state index contributed by atoms with van der Waals surface area (Å²) < 4.78 is 1.99. The van der Waals surface area contributed by atoms with Crippen molar-refractivity contribution < 1.29 is 9.72 Å². The van der Waals surface area contributed by atoms with Crippen LogP contribution in [0.4, 0.5) is 5.69 Å². The molecule has 2 aromatic heterocycles. The molecule has 0 bridgehead atoms. The van der Waals surface area contributed by atoms with Crippen molar-refractivity contribution >= 4 is 38.9 Å². The Hall–Kier alpha value is -2.00. The average molecular weight is 386 g/mol. The Morgan fingerprint density at radius 1 is 1.50 bits per heavy atom. The number of hydrogen-bond acceptors (Lipinski definition) is 5. The molecule has 0 aliphatic rings. The van der Waals surface area contributed by atoms with Gasteiger partial charge in [0.1, 0.15) is 6.54 Å². The number of rotatable bonds is 5. The Morgan fingerprint density at radius 3 is 2.82 bits per heavy atom. The SMILES string of the molecule is CN(Cc1cc(Br)cs1)C(=O)Cn1cc([N+](=O)[O-])ccc1=O. The first-order valence-corrected chi connectivity index (χ1v) is 7.86. The quantitative estimate of drug-likeness (QED) is 0.583. The Labute approximate surface area is 138 Å². The van der Waals surface area contributed by atoms with Gasteiger partial charge in [0.05, 0.1) is 17.7 Å². The van der Waals surface area contributed by atoms with E-state index >= 15 is 0 Å². The predicted molar refractivity (Wildman–Crippen MR) is 85.8 cm³/mol. The highest BCUT2D eigenvalue weighted by molar-refractivity contribution is 9.10. The van der Waals surface area contributed by atoms with E-state index in [0.29, 0.717) is 6.54 Å². The first-order chi connectivity index (χ1) is 10.4. The van der Waals surface area contributed by atoms with Gasteiger partial charge in [0.15, 0.2) is 0 Å². The van der Waals surface area contributed by atoms with Crippen LogP contribution >= 0.6 is 27.3 Å². The topological polar surface area (TPSA) is 85.4 Å². The van der Waals surface area contributed by atoms with Gasteiger partial charge in [-0.3, -0.25) is 24.3 Å². The van der Waals surface area contributed by atoms with Crippen molar-refractivity contribution in [1.82, 2.24) is 9.47 Å². The Morgan fingerprint density at radius 2 is 2.23 bits per heavy atom. The molecule has 0 saturated heterocycles. The zero-order chi connectivity index (χ0) is 16.3. The Balaban J connectivity index is 2.09. The van der Waals surface area contributed by atoms with Gasteiger partial charge in [-0.2, -0.15) is 0 Å². The number of nitrogens with zero attached hydrogens (tertiary/aromatic N) is 3. The minimum absolute atomic E-state index is 0.225. The second-order valence-electron chi connectivity index (χ2n) is 4.59. The molecule has 22 heavy (non-hydrogen) atoms. The molecule has 0 spiro atoms. The Bertz CT molecular complexity index is 771. The first-order valence-electron chi connectivity index (χ1n) is 6.18. The molecule has 116 valence electrons. The zero-order valence-corrected chi connectivity index (χ0v) is 14.0. The van der Waals surface area contributed by atoms with Crippen molar-refractivity contribution in [2.75, 3.05) is 7.05 Å². The van der Waals surface area contributed by atoms with Crippen molar-refractivity contribution in [3.05, 3.63) is 59.6 Å². The number of halogens is 1. The lowest BCUT2D eigenvalue weighted by Gasteiger charge is -2.16. The van der Waals surface area contributed by atoms with Gasteiger partial charge in [0.2, 0.25) is 5.91 Å². The van der Waals surface area contributed by atoms with E-state index in [1.807, 2.05) is 11.4 Å². The van der Waals surface area contributed by atoms with Crippen molar-refractivity contribution in [2.45, 2.75) is 13.1 Å². The molecule has 1 amide bonds. The maximum absolute atomic E-state index is 12.1. The third-order valence-corrected chi connectivity index (χ3v) is 4.61. The highest BCUT2D eigenvalue weighted by Gasteiger charge is 2.14. The summed E-state index contributed by atoms with van der Waals surface area (Å²) in [5, 5.41) is 12.6.